The number of thioether (sulfide) groups is 1. The lowest BCUT2D eigenvalue weighted by Crippen LogP contribution is -2.42. The molecule has 0 spiro atoms. The fourth-order valence-corrected chi connectivity index (χ4v) is 4.16. The molecule has 1 aliphatic carbocycles. The molecule has 0 bridgehead atoms. The number of hydrogen-bond acceptors (Lipinski definition) is 4. The summed E-state index contributed by atoms with van der Waals surface area (Å²) in [6.45, 7) is 0.264. The van der Waals surface area contributed by atoms with E-state index in [1.54, 1.807) is 23.1 Å². The summed E-state index contributed by atoms with van der Waals surface area (Å²) in [5, 5.41) is 15.9. The smallest absolute Gasteiger partial charge is 0.252 e. The van der Waals surface area contributed by atoms with Crippen LogP contribution >= 0.6 is 23.1 Å². The fraction of sp³-hybridized carbons (Fsp3) is 0.353. The van der Waals surface area contributed by atoms with Gasteiger partial charge in [0.25, 0.3) is 5.91 Å². The zero-order chi connectivity index (χ0) is 15.6. The van der Waals surface area contributed by atoms with Crippen LogP contribution in [0.4, 0.5) is 0 Å². The van der Waals surface area contributed by atoms with Gasteiger partial charge in [-0.3, -0.25) is 4.79 Å². The minimum atomic E-state index is -0.932. The summed E-state index contributed by atoms with van der Waals surface area (Å²) in [6, 6.07) is 11.4. The van der Waals surface area contributed by atoms with Crippen LogP contribution in [0.5, 0.6) is 0 Å². The Morgan fingerprint density at radius 1 is 1.36 bits per heavy atom. The monoisotopic (exact) mass is 333 g/mol. The van der Waals surface area contributed by atoms with Gasteiger partial charge in [-0.25, -0.2) is 0 Å². The van der Waals surface area contributed by atoms with E-state index in [0.717, 1.165) is 22.6 Å². The van der Waals surface area contributed by atoms with Crippen LogP contribution in [0.25, 0.3) is 0 Å². The number of hydrogen-bond donors (Lipinski definition) is 2. The molecule has 116 valence electrons. The van der Waals surface area contributed by atoms with E-state index in [4.69, 9.17) is 0 Å². The number of nitrogens with one attached hydrogen (secondary N) is 1. The predicted octanol–water partition coefficient (Wildman–Crippen LogP) is 3.50. The van der Waals surface area contributed by atoms with Crippen molar-refractivity contribution in [3.05, 3.63) is 52.2 Å². The number of rotatable bonds is 6. The van der Waals surface area contributed by atoms with Crippen LogP contribution in [0, 0.1) is 5.92 Å². The molecule has 1 aromatic heterocycles. The van der Waals surface area contributed by atoms with Crippen LogP contribution < -0.4 is 5.32 Å². The molecule has 3 rings (SSSR count). The van der Waals surface area contributed by atoms with E-state index >= 15 is 0 Å². The third kappa shape index (κ3) is 3.07. The van der Waals surface area contributed by atoms with Crippen molar-refractivity contribution >= 4 is 29.0 Å². The van der Waals surface area contributed by atoms with Crippen molar-refractivity contribution < 1.29 is 9.90 Å². The van der Waals surface area contributed by atoms with Gasteiger partial charge in [0.15, 0.2) is 0 Å². The molecule has 1 aliphatic rings. The highest BCUT2D eigenvalue weighted by Crippen LogP contribution is 2.46. The summed E-state index contributed by atoms with van der Waals surface area (Å²) < 4.78 is 0. The summed E-state index contributed by atoms with van der Waals surface area (Å²) in [5.41, 5.74) is -0.266. The molecule has 1 fully saturated rings. The Hall–Kier alpha value is -1.30. The Kier molecular flexibility index (Phi) is 4.57. The van der Waals surface area contributed by atoms with E-state index in [2.05, 4.69) is 5.32 Å². The van der Waals surface area contributed by atoms with Crippen LogP contribution in [0.2, 0.25) is 0 Å². The average molecular weight is 333 g/mol. The summed E-state index contributed by atoms with van der Waals surface area (Å²) >= 11 is 3.10. The second-order valence-electron chi connectivity index (χ2n) is 5.56. The van der Waals surface area contributed by atoms with Gasteiger partial charge in [-0.1, -0.05) is 18.2 Å². The summed E-state index contributed by atoms with van der Waals surface area (Å²) in [4.78, 5) is 14.3. The first-order chi connectivity index (χ1) is 10.6. The van der Waals surface area contributed by atoms with E-state index in [-0.39, 0.29) is 18.4 Å². The molecule has 2 N–H and O–H groups in total. The molecule has 5 heteroatoms. The molecular weight excluding hydrogens is 314 g/mol. The molecule has 1 aromatic carbocycles. The van der Waals surface area contributed by atoms with Crippen molar-refractivity contribution in [1.82, 2.24) is 5.32 Å². The van der Waals surface area contributed by atoms with Crippen molar-refractivity contribution in [1.29, 1.82) is 0 Å². The summed E-state index contributed by atoms with van der Waals surface area (Å²) in [5.74, 6) is 0.128. The summed E-state index contributed by atoms with van der Waals surface area (Å²) in [6.07, 6.45) is 4.00. The van der Waals surface area contributed by atoms with Crippen molar-refractivity contribution in [2.24, 2.45) is 5.92 Å². The number of benzene rings is 1. The van der Waals surface area contributed by atoms with Crippen LogP contribution in [-0.2, 0) is 5.60 Å². The van der Waals surface area contributed by atoms with Crippen LogP contribution in [0.15, 0.2) is 46.7 Å². The Morgan fingerprint density at radius 3 is 2.77 bits per heavy atom. The van der Waals surface area contributed by atoms with Gasteiger partial charge in [-0.2, -0.15) is 0 Å². The largest absolute Gasteiger partial charge is 0.382 e. The van der Waals surface area contributed by atoms with Gasteiger partial charge in [0.05, 0.1) is 12.1 Å². The predicted molar refractivity (Wildman–Crippen MR) is 91.5 cm³/mol. The highest BCUT2D eigenvalue weighted by Gasteiger charge is 2.46. The number of amides is 1. The number of carbonyl (C=O) groups is 1. The molecule has 0 saturated heterocycles. The molecule has 1 atom stereocenters. The zero-order valence-corrected chi connectivity index (χ0v) is 14.0. The zero-order valence-electron chi connectivity index (χ0n) is 12.4. The molecule has 3 nitrogen and oxygen atoms in total. The summed E-state index contributed by atoms with van der Waals surface area (Å²) in [7, 11) is 0. The van der Waals surface area contributed by atoms with Crippen LogP contribution in [0.3, 0.4) is 0 Å². The number of aliphatic hydroxyl groups is 1. The lowest BCUT2D eigenvalue weighted by molar-refractivity contribution is 0.0169. The second-order valence-corrected chi connectivity index (χ2v) is 7.35. The maximum absolute atomic E-state index is 12.5. The first kappa shape index (κ1) is 15.6. The average Bonchev–Trinajstić information content (AvgIpc) is 3.27. The molecule has 1 unspecified atom stereocenters. The van der Waals surface area contributed by atoms with Gasteiger partial charge >= 0.3 is 0 Å². The first-order valence-corrected chi connectivity index (χ1v) is 9.43. The molecule has 0 aliphatic heterocycles. The van der Waals surface area contributed by atoms with Crippen molar-refractivity contribution in [2.45, 2.75) is 23.3 Å². The van der Waals surface area contributed by atoms with Gasteiger partial charge in [0, 0.05) is 9.77 Å². The SMILES string of the molecule is CSc1ccccc1C(=O)NCC(O)(c1cccs1)C1CC1. The van der Waals surface area contributed by atoms with Gasteiger partial charge < -0.3 is 10.4 Å². The van der Waals surface area contributed by atoms with E-state index in [9.17, 15) is 9.90 Å². The third-order valence-electron chi connectivity index (χ3n) is 4.07. The molecule has 0 radical (unpaired) electrons. The minimum Gasteiger partial charge on any atom is -0.382 e. The van der Waals surface area contributed by atoms with Gasteiger partial charge in [0.2, 0.25) is 0 Å². The Labute approximate surface area is 138 Å². The fourth-order valence-electron chi connectivity index (χ4n) is 2.66. The second kappa shape index (κ2) is 6.44. The Balaban J connectivity index is 1.74. The molecule has 1 amide bonds. The maximum Gasteiger partial charge on any atom is 0.252 e. The topological polar surface area (TPSA) is 49.3 Å². The van der Waals surface area contributed by atoms with Gasteiger partial charge in [-0.05, 0) is 48.6 Å². The maximum atomic E-state index is 12.5. The highest BCUT2D eigenvalue weighted by molar-refractivity contribution is 7.98. The molecule has 1 heterocycles. The minimum absolute atomic E-state index is 0.124. The lowest BCUT2D eigenvalue weighted by Gasteiger charge is -2.27. The van der Waals surface area contributed by atoms with Crippen molar-refractivity contribution in [3.8, 4) is 0 Å². The van der Waals surface area contributed by atoms with Crippen molar-refractivity contribution in [2.75, 3.05) is 12.8 Å². The van der Waals surface area contributed by atoms with Gasteiger partial charge in [0.1, 0.15) is 5.60 Å². The van der Waals surface area contributed by atoms with E-state index < -0.39 is 5.60 Å². The highest BCUT2D eigenvalue weighted by atomic mass is 32.2. The molecule has 1 saturated carbocycles. The normalized spacial score (nSPS) is 17.0. The van der Waals surface area contributed by atoms with Crippen LogP contribution in [0.1, 0.15) is 28.1 Å². The standard InChI is InChI=1S/C17H19NO2S2/c1-21-14-6-3-2-5-13(14)16(19)18-11-17(20,12-8-9-12)15-7-4-10-22-15/h2-7,10,12,20H,8-9,11H2,1H3,(H,18,19). The molecular formula is C17H19NO2S2. The lowest BCUT2D eigenvalue weighted by atomic mass is 9.95. The van der Waals surface area contributed by atoms with Gasteiger partial charge in [-0.15, -0.1) is 23.1 Å². The van der Waals surface area contributed by atoms with E-state index in [1.807, 2.05) is 48.0 Å². The number of carbonyl (C=O) groups excluding carboxylic acids is 1. The Bertz CT molecular complexity index is 652. The Morgan fingerprint density at radius 2 is 2.14 bits per heavy atom. The van der Waals surface area contributed by atoms with Crippen molar-refractivity contribution in [3.63, 3.8) is 0 Å². The molecule has 22 heavy (non-hydrogen) atoms. The quantitative estimate of drug-likeness (QED) is 0.796. The third-order valence-corrected chi connectivity index (χ3v) is 5.90. The van der Waals surface area contributed by atoms with E-state index in [0.29, 0.717) is 5.56 Å². The molecule has 2 aromatic rings. The van der Waals surface area contributed by atoms with E-state index in [1.165, 1.54) is 0 Å². The first-order valence-electron chi connectivity index (χ1n) is 7.32. The van der Waals surface area contributed by atoms with Crippen LogP contribution in [-0.4, -0.2) is 23.8 Å². The number of thiophene rings is 1.